The predicted octanol–water partition coefficient (Wildman–Crippen LogP) is 6.79. The second-order valence-electron chi connectivity index (χ2n) is 11.3. The van der Waals surface area contributed by atoms with E-state index in [4.69, 9.17) is 9.47 Å². The van der Waals surface area contributed by atoms with Gasteiger partial charge in [-0.15, -0.1) is 0 Å². The van der Waals surface area contributed by atoms with E-state index in [0.29, 0.717) is 42.9 Å². The van der Waals surface area contributed by atoms with Crippen molar-refractivity contribution in [2.45, 2.75) is 69.0 Å². The second-order valence-corrected chi connectivity index (χ2v) is 12.7. The summed E-state index contributed by atoms with van der Waals surface area (Å²) in [5, 5.41) is 3.57. The minimum absolute atomic E-state index is 0. The van der Waals surface area contributed by atoms with Gasteiger partial charge < -0.3 is 14.8 Å². The number of hydrogen-bond donors (Lipinski definition) is 2. The fourth-order valence-electron chi connectivity index (χ4n) is 5.38. The fraction of sp³-hybridized carbons (Fsp3) is 0.324. The summed E-state index contributed by atoms with van der Waals surface area (Å²) in [5.74, 6) is -0.377. The number of ether oxygens (including phenoxy) is 2. The SMILES string of the molecule is COC(CCCCC(=O)Nc1ccc2ccccc2c1S(=O)(=O)O)(Cc1ccccc1)C(C)=O.COC(Cc1ccccc1)C(C)=O.F. The maximum absolute atomic E-state index is 12.6. The van der Waals surface area contributed by atoms with Crippen molar-refractivity contribution in [1.82, 2.24) is 0 Å². The van der Waals surface area contributed by atoms with Gasteiger partial charge in [-0.05, 0) is 55.7 Å². The largest absolute Gasteiger partial charge is 0.373 e. The Morgan fingerprint density at radius 3 is 1.94 bits per heavy atom. The summed E-state index contributed by atoms with van der Waals surface area (Å²) >= 11 is 0. The number of Topliss-reactive ketones (excluding diaryl/α,β-unsaturated/α-hetero) is 2. The van der Waals surface area contributed by atoms with Crippen LogP contribution in [0.5, 0.6) is 0 Å². The molecule has 258 valence electrons. The number of benzene rings is 4. The lowest BCUT2D eigenvalue weighted by atomic mass is 9.85. The molecule has 0 radical (unpaired) electrons. The van der Waals surface area contributed by atoms with Gasteiger partial charge in [-0.2, -0.15) is 8.42 Å². The number of carbonyl (C=O) groups excluding carboxylic acids is 3. The Morgan fingerprint density at radius 1 is 0.812 bits per heavy atom. The lowest BCUT2D eigenvalue weighted by Crippen LogP contribution is -2.41. The monoisotopic (exact) mass is 681 g/mol. The van der Waals surface area contributed by atoms with E-state index in [1.807, 2.05) is 60.7 Å². The first-order chi connectivity index (χ1) is 22.4. The highest BCUT2D eigenvalue weighted by Crippen LogP contribution is 2.31. The van der Waals surface area contributed by atoms with E-state index in [0.717, 1.165) is 11.1 Å². The standard InChI is InChI=1S/C26H29NO6S.C11H14O2.FH/c1-19(28)26(33-2,18-20-10-4-3-5-11-20)17-9-8-14-24(29)27-23-16-15-21-12-6-7-13-22(21)25(23)34(30,31)32;1-9(12)11(13-2)8-10-6-4-3-5-7-10;/h3-7,10-13,15-16H,8-9,14,17-18H2,1-2H3,(H,27,29)(H,30,31,32);3-7,11H,8H2,1-2H3;1H. The maximum atomic E-state index is 12.6. The molecule has 4 aromatic carbocycles. The molecule has 4 aromatic rings. The summed E-state index contributed by atoms with van der Waals surface area (Å²) in [6, 6.07) is 29.4. The van der Waals surface area contributed by atoms with Crippen molar-refractivity contribution in [1.29, 1.82) is 0 Å². The molecule has 0 bridgehead atoms. The fourth-order valence-corrected chi connectivity index (χ4v) is 6.24. The summed E-state index contributed by atoms with van der Waals surface area (Å²) in [7, 11) is -1.48. The molecule has 0 aliphatic carbocycles. The molecule has 48 heavy (non-hydrogen) atoms. The molecule has 0 saturated heterocycles. The van der Waals surface area contributed by atoms with Crippen LogP contribution in [0.4, 0.5) is 10.4 Å². The molecular formula is C37H44FNO8S. The highest BCUT2D eigenvalue weighted by molar-refractivity contribution is 7.86. The Hall–Kier alpha value is -4.29. The number of unbranched alkanes of at least 4 members (excludes halogenated alkanes) is 1. The first kappa shape index (κ1) is 39.9. The minimum atomic E-state index is -4.56. The summed E-state index contributed by atoms with van der Waals surface area (Å²) in [4.78, 5) is 35.7. The topological polar surface area (TPSA) is 136 Å². The molecule has 0 fully saturated rings. The van der Waals surface area contributed by atoms with E-state index in [9.17, 15) is 27.4 Å². The Balaban J connectivity index is 0.000000481. The molecule has 11 heteroatoms. The number of fused-ring (bicyclic) bond motifs is 1. The number of nitrogens with one attached hydrogen (secondary N) is 1. The van der Waals surface area contributed by atoms with Crippen LogP contribution in [0.25, 0.3) is 10.8 Å². The first-order valence-electron chi connectivity index (χ1n) is 15.4. The average Bonchev–Trinajstić information content (AvgIpc) is 3.05. The van der Waals surface area contributed by atoms with Gasteiger partial charge in [-0.3, -0.25) is 23.6 Å². The van der Waals surface area contributed by atoms with Gasteiger partial charge in [0.2, 0.25) is 5.91 Å². The van der Waals surface area contributed by atoms with E-state index in [-0.39, 0.29) is 45.3 Å². The third-order valence-electron chi connectivity index (χ3n) is 8.01. The lowest BCUT2D eigenvalue weighted by Gasteiger charge is -2.30. The van der Waals surface area contributed by atoms with Crippen molar-refractivity contribution in [2.24, 2.45) is 0 Å². The summed E-state index contributed by atoms with van der Waals surface area (Å²) in [6.07, 6.45) is 2.42. The predicted molar refractivity (Wildman–Crippen MR) is 186 cm³/mol. The van der Waals surface area contributed by atoms with Crippen LogP contribution in [0.3, 0.4) is 0 Å². The quantitative estimate of drug-likeness (QED) is 0.103. The van der Waals surface area contributed by atoms with Crippen molar-refractivity contribution in [3.63, 3.8) is 0 Å². The van der Waals surface area contributed by atoms with Gasteiger partial charge in [0, 0.05) is 38.9 Å². The molecule has 4 rings (SSSR count). The van der Waals surface area contributed by atoms with Gasteiger partial charge in [0.15, 0.2) is 11.6 Å². The normalized spacial score (nSPS) is 12.9. The molecule has 2 N–H and O–H groups in total. The Morgan fingerprint density at radius 2 is 1.40 bits per heavy atom. The molecule has 2 unspecified atom stereocenters. The number of anilines is 1. The Bertz CT molecular complexity index is 1750. The van der Waals surface area contributed by atoms with Gasteiger partial charge in [0.25, 0.3) is 10.1 Å². The van der Waals surface area contributed by atoms with E-state index < -0.39 is 15.7 Å². The number of rotatable bonds is 15. The van der Waals surface area contributed by atoms with Crippen LogP contribution < -0.4 is 5.32 Å². The Kier molecular flexibility index (Phi) is 15.7. The molecule has 0 aliphatic rings. The summed E-state index contributed by atoms with van der Waals surface area (Å²) in [5.41, 5.74) is 1.19. The van der Waals surface area contributed by atoms with Crippen LogP contribution in [0.1, 0.15) is 50.7 Å². The highest BCUT2D eigenvalue weighted by atomic mass is 32.2. The third kappa shape index (κ3) is 11.4. The number of methoxy groups -OCH3 is 2. The van der Waals surface area contributed by atoms with Gasteiger partial charge in [-0.1, -0.05) is 91.0 Å². The summed E-state index contributed by atoms with van der Waals surface area (Å²) in [6.45, 7) is 3.06. The van der Waals surface area contributed by atoms with Crippen molar-refractivity contribution < 1.29 is 41.5 Å². The highest BCUT2D eigenvalue weighted by Gasteiger charge is 2.35. The molecule has 0 aliphatic heterocycles. The number of hydrogen-bond acceptors (Lipinski definition) is 7. The molecular weight excluding hydrogens is 637 g/mol. The third-order valence-corrected chi connectivity index (χ3v) is 8.97. The zero-order valence-electron chi connectivity index (χ0n) is 27.7. The number of amides is 1. The van der Waals surface area contributed by atoms with Gasteiger partial charge in [0.1, 0.15) is 16.6 Å². The van der Waals surface area contributed by atoms with E-state index in [1.54, 1.807) is 44.4 Å². The van der Waals surface area contributed by atoms with Gasteiger partial charge in [0.05, 0.1) is 5.69 Å². The molecule has 1 amide bonds. The van der Waals surface area contributed by atoms with Crippen LogP contribution in [-0.2, 0) is 46.8 Å². The van der Waals surface area contributed by atoms with Crippen LogP contribution >= 0.6 is 0 Å². The van der Waals surface area contributed by atoms with Crippen molar-refractivity contribution in [3.8, 4) is 0 Å². The molecule has 9 nitrogen and oxygen atoms in total. The maximum Gasteiger partial charge on any atom is 0.297 e. The molecule has 0 saturated carbocycles. The molecule has 0 heterocycles. The zero-order chi connectivity index (χ0) is 34.5. The van der Waals surface area contributed by atoms with Gasteiger partial charge >= 0.3 is 0 Å². The molecule has 2 atom stereocenters. The minimum Gasteiger partial charge on any atom is -0.373 e. The zero-order valence-corrected chi connectivity index (χ0v) is 28.5. The number of carbonyl (C=O) groups is 3. The van der Waals surface area contributed by atoms with E-state index in [2.05, 4.69) is 5.32 Å². The Labute approximate surface area is 281 Å². The second kappa shape index (κ2) is 18.9. The van der Waals surface area contributed by atoms with Gasteiger partial charge in [-0.25, -0.2) is 0 Å². The molecule has 0 spiro atoms. The van der Waals surface area contributed by atoms with Crippen molar-refractivity contribution in [3.05, 3.63) is 108 Å². The van der Waals surface area contributed by atoms with Crippen LogP contribution in [-0.4, -0.2) is 56.4 Å². The first-order valence-corrected chi connectivity index (χ1v) is 16.8. The van der Waals surface area contributed by atoms with E-state index in [1.165, 1.54) is 20.1 Å². The smallest absolute Gasteiger partial charge is 0.297 e. The lowest BCUT2D eigenvalue weighted by molar-refractivity contribution is -0.139. The molecule has 0 aromatic heterocycles. The van der Waals surface area contributed by atoms with Crippen molar-refractivity contribution in [2.75, 3.05) is 19.5 Å². The average molecular weight is 682 g/mol. The van der Waals surface area contributed by atoms with Crippen LogP contribution in [0, 0.1) is 0 Å². The number of halogens is 1. The van der Waals surface area contributed by atoms with Crippen LogP contribution in [0.15, 0.2) is 102 Å². The van der Waals surface area contributed by atoms with E-state index >= 15 is 0 Å². The number of ketones is 2. The van der Waals surface area contributed by atoms with Crippen molar-refractivity contribution >= 4 is 44.1 Å². The summed E-state index contributed by atoms with van der Waals surface area (Å²) < 4.78 is 44.5. The van der Waals surface area contributed by atoms with Crippen LogP contribution in [0.2, 0.25) is 0 Å².